The maximum atomic E-state index is 9.35. The molecule has 1 aromatic heterocycles. The van der Waals surface area contributed by atoms with Crippen molar-refractivity contribution in [3.05, 3.63) is 18.3 Å². The van der Waals surface area contributed by atoms with Gasteiger partial charge < -0.3 is 14.7 Å². The Morgan fingerprint density at radius 1 is 1.59 bits per heavy atom. The maximum absolute atomic E-state index is 9.35. The average Bonchev–Trinajstić information content (AvgIpc) is 2.84. The van der Waals surface area contributed by atoms with Crippen molar-refractivity contribution in [1.82, 2.24) is 4.98 Å². The summed E-state index contributed by atoms with van der Waals surface area (Å²) in [4.78, 5) is 6.56. The lowest BCUT2D eigenvalue weighted by Crippen LogP contribution is -2.33. The zero-order valence-electron chi connectivity index (χ0n) is 10.3. The minimum atomic E-state index is 0.184. The first kappa shape index (κ1) is 12.2. The van der Waals surface area contributed by atoms with Crippen LogP contribution in [-0.2, 0) is 0 Å². The molecular weight excluding hydrogens is 216 g/mol. The Hall–Kier alpha value is -1.29. The summed E-state index contributed by atoms with van der Waals surface area (Å²) >= 11 is 0. The molecule has 1 aliphatic heterocycles. The molecule has 1 N–H and O–H groups in total. The first-order chi connectivity index (χ1) is 8.36. The molecule has 0 saturated carbocycles. The van der Waals surface area contributed by atoms with Crippen molar-refractivity contribution < 1.29 is 9.84 Å². The van der Waals surface area contributed by atoms with E-state index < -0.39 is 0 Å². The van der Waals surface area contributed by atoms with E-state index in [9.17, 15) is 5.11 Å². The fourth-order valence-corrected chi connectivity index (χ4v) is 2.23. The van der Waals surface area contributed by atoms with Gasteiger partial charge in [0.2, 0.25) is 0 Å². The largest absolute Gasteiger partial charge is 0.490 e. The van der Waals surface area contributed by atoms with E-state index >= 15 is 0 Å². The topological polar surface area (TPSA) is 45.6 Å². The van der Waals surface area contributed by atoms with Gasteiger partial charge in [-0.3, -0.25) is 0 Å². The van der Waals surface area contributed by atoms with Gasteiger partial charge in [0, 0.05) is 12.7 Å². The highest BCUT2D eigenvalue weighted by atomic mass is 16.5. The van der Waals surface area contributed by atoms with Crippen LogP contribution in [0.1, 0.15) is 26.2 Å². The lowest BCUT2D eigenvalue weighted by atomic mass is 10.2. The summed E-state index contributed by atoms with van der Waals surface area (Å²) in [6.07, 6.45) is 4.90. The van der Waals surface area contributed by atoms with Crippen molar-refractivity contribution >= 4 is 5.82 Å². The second kappa shape index (κ2) is 5.87. The Balaban J connectivity index is 2.18. The van der Waals surface area contributed by atoms with Gasteiger partial charge in [0.1, 0.15) is 0 Å². The molecule has 2 rings (SSSR count). The molecule has 0 radical (unpaired) electrons. The minimum Gasteiger partial charge on any atom is -0.490 e. The van der Waals surface area contributed by atoms with Crippen LogP contribution in [0, 0.1) is 0 Å². The van der Waals surface area contributed by atoms with E-state index in [0.29, 0.717) is 6.61 Å². The second-order valence-electron chi connectivity index (χ2n) is 4.35. The zero-order chi connectivity index (χ0) is 12.1. The predicted octanol–water partition coefficient (Wildman–Crippen LogP) is 1.83. The fourth-order valence-electron chi connectivity index (χ4n) is 2.23. The van der Waals surface area contributed by atoms with Gasteiger partial charge >= 0.3 is 0 Å². The Labute approximate surface area is 102 Å². The van der Waals surface area contributed by atoms with Gasteiger partial charge in [0.05, 0.1) is 19.3 Å². The molecule has 0 amide bonds. The number of hydrogen-bond acceptors (Lipinski definition) is 4. The summed E-state index contributed by atoms with van der Waals surface area (Å²) in [6.45, 7) is 3.92. The Bertz CT molecular complexity index is 357. The molecule has 94 valence electrons. The molecule has 0 aromatic carbocycles. The molecule has 4 heteroatoms. The molecule has 1 atom stereocenters. The summed E-state index contributed by atoms with van der Waals surface area (Å²) in [6, 6.07) is 4.03. The summed E-state index contributed by atoms with van der Waals surface area (Å²) < 4.78 is 5.71. The van der Waals surface area contributed by atoms with E-state index in [-0.39, 0.29) is 12.6 Å². The molecule has 1 saturated heterocycles. The normalized spacial score (nSPS) is 19.6. The fraction of sp³-hybridized carbons (Fsp3) is 0.615. The SMILES string of the molecule is CCCOc1cccnc1N1CCCC1CO. The molecule has 1 aromatic rings. The van der Waals surface area contributed by atoms with Crippen LogP contribution >= 0.6 is 0 Å². The van der Waals surface area contributed by atoms with Crippen molar-refractivity contribution in [3.63, 3.8) is 0 Å². The lowest BCUT2D eigenvalue weighted by Gasteiger charge is -2.25. The molecule has 17 heavy (non-hydrogen) atoms. The van der Waals surface area contributed by atoms with Crippen LogP contribution in [0.2, 0.25) is 0 Å². The van der Waals surface area contributed by atoms with Crippen molar-refractivity contribution in [2.45, 2.75) is 32.2 Å². The summed E-state index contributed by atoms with van der Waals surface area (Å²) in [5, 5.41) is 9.35. The first-order valence-corrected chi connectivity index (χ1v) is 6.32. The number of aliphatic hydroxyl groups excluding tert-OH is 1. The van der Waals surface area contributed by atoms with E-state index in [1.165, 1.54) is 0 Å². The number of anilines is 1. The Morgan fingerprint density at radius 2 is 2.47 bits per heavy atom. The van der Waals surface area contributed by atoms with Crippen LogP contribution in [0.5, 0.6) is 5.75 Å². The van der Waals surface area contributed by atoms with Crippen LogP contribution in [0.15, 0.2) is 18.3 Å². The highest BCUT2D eigenvalue weighted by molar-refractivity contribution is 5.53. The predicted molar refractivity (Wildman–Crippen MR) is 67.5 cm³/mol. The number of hydrogen-bond donors (Lipinski definition) is 1. The third-order valence-electron chi connectivity index (χ3n) is 3.07. The van der Waals surface area contributed by atoms with E-state index in [4.69, 9.17) is 4.74 Å². The average molecular weight is 236 g/mol. The van der Waals surface area contributed by atoms with E-state index in [1.807, 2.05) is 12.1 Å². The third-order valence-corrected chi connectivity index (χ3v) is 3.07. The van der Waals surface area contributed by atoms with Crippen molar-refractivity contribution in [2.75, 3.05) is 24.7 Å². The number of pyridine rings is 1. The second-order valence-corrected chi connectivity index (χ2v) is 4.35. The molecule has 2 heterocycles. The van der Waals surface area contributed by atoms with Gasteiger partial charge in [-0.1, -0.05) is 6.92 Å². The Morgan fingerprint density at radius 3 is 3.24 bits per heavy atom. The lowest BCUT2D eigenvalue weighted by molar-refractivity contribution is 0.264. The van der Waals surface area contributed by atoms with Gasteiger partial charge in [-0.2, -0.15) is 0 Å². The third kappa shape index (κ3) is 2.69. The van der Waals surface area contributed by atoms with Crippen molar-refractivity contribution in [2.24, 2.45) is 0 Å². The van der Waals surface area contributed by atoms with E-state index in [0.717, 1.165) is 37.4 Å². The first-order valence-electron chi connectivity index (χ1n) is 6.32. The van der Waals surface area contributed by atoms with E-state index in [1.54, 1.807) is 6.20 Å². The minimum absolute atomic E-state index is 0.184. The van der Waals surface area contributed by atoms with Gasteiger partial charge in [-0.05, 0) is 31.4 Å². The molecular formula is C13H20N2O2. The maximum Gasteiger partial charge on any atom is 0.171 e. The van der Waals surface area contributed by atoms with Crippen LogP contribution in [-0.4, -0.2) is 35.9 Å². The number of aliphatic hydroxyl groups is 1. The summed E-state index contributed by atoms with van der Waals surface area (Å²) in [5.41, 5.74) is 0. The number of rotatable bonds is 5. The number of ether oxygens (including phenoxy) is 1. The molecule has 0 bridgehead atoms. The van der Waals surface area contributed by atoms with Crippen molar-refractivity contribution in [3.8, 4) is 5.75 Å². The smallest absolute Gasteiger partial charge is 0.171 e. The van der Waals surface area contributed by atoms with Crippen molar-refractivity contribution in [1.29, 1.82) is 0 Å². The summed E-state index contributed by atoms with van der Waals surface area (Å²) in [5.74, 6) is 1.70. The molecule has 0 aliphatic carbocycles. The standard InChI is InChI=1S/C13H20N2O2/c1-2-9-17-12-6-3-7-14-13(12)15-8-4-5-11(15)10-16/h3,6-7,11,16H,2,4-5,8-10H2,1H3. The number of nitrogens with zero attached hydrogens (tertiary/aromatic N) is 2. The van der Waals surface area contributed by atoms with Gasteiger partial charge in [0.15, 0.2) is 11.6 Å². The highest BCUT2D eigenvalue weighted by Crippen LogP contribution is 2.31. The quantitative estimate of drug-likeness (QED) is 0.847. The molecule has 1 fully saturated rings. The number of aromatic nitrogens is 1. The van der Waals surface area contributed by atoms with E-state index in [2.05, 4.69) is 16.8 Å². The molecule has 0 spiro atoms. The van der Waals surface area contributed by atoms with Gasteiger partial charge in [-0.25, -0.2) is 4.98 Å². The van der Waals surface area contributed by atoms with Gasteiger partial charge in [-0.15, -0.1) is 0 Å². The zero-order valence-corrected chi connectivity index (χ0v) is 10.3. The molecule has 1 aliphatic rings. The van der Waals surface area contributed by atoms with Crippen LogP contribution in [0.3, 0.4) is 0 Å². The molecule has 4 nitrogen and oxygen atoms in total. The molecule has 1 unspecified atom stereocenters. The Kier molecular flexibility index (Phi) is 4.20. The highest BCUT2D eigenvalue weighted by Gasteiger charge is 2.27. The van der Waals surface area contributed by atoms with Crippen LogP contribution < -0.4 is 9.64 Å². The monoisotopic (exact) mass is 236 g/mol. The van der Waals surface area contributed by atoms with Gasteiger partial charge in [0.25, 0.3) is 0 Å². The van der Waals surface area contributed by atoms with Crippen LogP contribution in [0.25, 0.3) is 0 Å². The summed E-state index contributed by atoms with van der Waals surface area (Å²) in [7, 11) is 0. The van der Waals surface area contributed by atoms with Crippen LogP contribution in [0.4, 0.5) is 5.82 Å².